The molecule has 1 aromatic carbocycles. The Hall–Kier alpha value is -2.56. The van der Waals surface area contributed by atoms with Gasteiger partial charge in [-0.1, -0.05) is 18.2 Å². The van der Waals surface area contributed by atoms with E-state index in [2.05, 4.69) is 10.3 Å². The van der Waals surface area contributed by atoms with Crippen LogP contribution in [-0.4, -0.2) is 29.7 Å². The Bertz CT molecular complexity index is 641. The van der Waals surface area contributed by atoms with Crippen molar-refractivity contribution >= 4 is 11.8 Å². The molecule has 5 heteroatoms. The number of aryl methyl sites for hydroxylation is 1. The second-order valence-corrected chi connectivity index (χ2v) is 4.64. The highest BCUT2D eigenvalue weighted by Gasteiger charge is 2.11. The molecule has 2 aromatic rings. The van der Waals surface area contributed by atoms with E-state index in [1.165, 1.54) is 0 Å². The van der Waals surface area contributed by atoms with Crippen LogP contribution in [0.4, 0.5) is 5.82 Å². The van der Waals surface area contributed by atoms with Crippen LogP contribution in [0.5, 0.6) is 5.75 Å². The van der Waals surface area contributed by atoms with Crippen molar-refractivity contribution in [1.82, 2.24) is 4.98 Å². The second-order valence-electron chi connectivity index (χ2n) is 4.64. The fourth-order valence-electron chi connectivity index (χ4n) is 2.09. The molecule has 0 amide bonds. The van der Waals surface area contributed by atoms with E-state index >= 15 is 0 Å². The summed E-state index contributed by atoms with van der Waals surface area (Å²) in [6, 6.07) is 11.0. The molecule has 0 bridgehead atoms. The summed E-state index contributed by atoms with van der Waals surface area (Å²) in [5.74, 6) is 0.245. The van der Waals surface area contributed by atoms with Gasteiger partial charge in [-0.05, 0) is 37.1 Å². The SMILES string of the molecule is COc1ccccc1CCNc1nc(C)ccc1C(=O)O. The quantitative estimate of drug-likeness (QED) is 0.854. The number of benzene rings is 1. The predicted molar refractivity (Wildman–Crippen MR) is 81.1 cm³/mol. The van der Waals surface area contributed by atoms with Gasteiger partial charge >= 0.3 is 5.97 Å². The lowest BCUT2D eigenvalue weighted by molar-refractivity contribution is 0.0697. The van der Waals surface area contributed by atoms with Gasteiger partial charge in [0, 0.05) is 12.2 Å². The van der Waals surface area contributed by atoms with Crippen LogP contribution in [-0.2, 0) is 6.42 Å². The molecule has 0 aliphatic carbocycles. The molecule has 0 fully saturated rings. The van der Waals surface area contributed by atoms with E-state index in [4.69, 9.17) is 9.84 Å². The third kappa shape index (κ3) is 3.72. The molecule has 1 aromatic heterocycles. The number of hydrogen-bond donors (Lipinski definition) is 2. The van der Waals surface area contributed by atoms with Gasteiger partial charge < -0.3 is 15.2 Å². The molecule has 0 aliphatic rings. The number of carboxylic acid groups (broad SMARTS) is 1. The maximum Gasteiger partial charge on any atom is 0.339 e. The number of nitrogens with one attached hydrogen (secondary N) is 1. The largest absolute Gasteiger partial charge is 0.496 e. The number of ether oxygens (including phenoxy) is 1. The first-order valence-electron chi connectivity index (χ1n) is 6.68. The Morgan fingerprint density at radius 3 is 2.76 bits per heavy atom. The molecule has 5 nitrogen and oxygen atoms in total. The van der Waals surface area contributed by atoms with Crippen LogP contribution in [0.3, 0.4) is 0 Å². The van der Waals surface area contributed by atoms with Crippen molar-refractivity contribution in [1.29, 1.82) is 0 Å². The zero-order valence-electron chi connectivity index (χ0n) is 12.1. The summed E-state index contributed by atoms with van der Waals surface area (Å²) in [7, 11) is 1.64. The topological polar surface area (TPSA) is 71.5 Å². The molecular weight excluding hydrogens is 268 g/mol. The van der Waals surface area contributed by atoms with Crippen molar-refractivity contribution < 1.29 is 14.6 Å². The minimum absolute atomic E-state index is 0.181. The predicted octanol–water partition coefficient (Wildman–Crippen LogP) is 2.75. The lowest BCUT2D eigenvalue weighted by Crippen LogP contribution is -2.12. The summed E-state index contributed by atoms with van der Waals surface area (Å²) in [5, 5.41) is 12.2. The first kappa shape index (κ1) is 14.8. The summed E-state index contributed by atoms with van der Waals surface area (Å²) < 4.78 is 5.29. The number of aromatic carboxylic acids is 1. The molecular formula is C16H18N2O3. The highest BCUT2D eigenvalue weighted by Crippen LogP contribution is 2.18. The van der Waals surface area contributed by atoms with Crippen LogP contribution >= 0.6 is 0 Å². The van der Waals surface area contributed by atoms with Crippen LogP contribution in [0.1, 0.15) is 21.6 Å². The number of hydrogen-bond acceptors (Lipinski definition) is 4. The summed E-state index contributed by atoms with van der Waals surface area (Å²) in [4.78, 5) is 15.4. The number of aromatic nitrogens is 1. The first-order valence-corrected chi connectivity index (χ1v) is 6.68. The molecule has 0 saturated carbocycles. The van der Waals surface area contributed by atoms with Crippen molar-refractivity contribution in [2.45, 2.75) is 13.3 Å². The molecule has 0 radical (unpaired) electrons. The third-order valence-electron chi connectivity index (χ3n) is 3.14. The van der Waals surface area contributed by atoms with Crippen molar-refractivity contribution in [3.8, 4) is 5.75 Å². The zero-order valence-corrected chi connectivity index (χ0v) is 12.1. The third-order valence-corrected chi connectivity index (χ3v) is 3.14. The highest BCUT2D eigenvalue weighted by atomic mass is 16.5. The van der Waals surface area contributed by atoms with Gasteiger partial charge in [-0.3, -0.25) is 0 Å². The monoisotopic (exact) mass is 286 g/mol. The molecule has 0 unspecified atom stereocenters. The van der Waals surface area contributed by atoms with Crippen LogP contribution in [0.25, 0.3) is 0 Å². The van der Waals surface area contributed by atoms with Crippen LogP contribution in [0.15, 0.2) is 36.4 Å². The van der Waals surface area contributed by atoms with Crippen LogP contribution in [0, 0.1) is 6.92 Å². The van der Waals surface area contributed by atoms with Gasteiger partial charge in [0.15, 0.2) is 0 Å². The summed E-state index contributed by atoms with van der Waals surface area (Å²) >= 11 is 0. The fraction of sp³-hybridized carbons (Fsp3) is 0.250. The second kappa shape index (κ2) is 6.74. The molecule has 2 rings (SSSR count). The van der Waals surface area contributed by atoms with E-state index in [0.29, 0.717) is 12.4 Å². The number of pyridine rings is 1. The van der Waals surface area contributed by atoms with E-state index in [9.17, 15) is 4.79 Å². The van der Waals surface area contributed by atoms with Gasteiger partial charge in [-0.15, -0.1) is 0 Å². The molecule has 0 aliphatic heterocycles. The Balaban J connectivity index is 2.07. The number of carboxylic acids is 1. The van der Waals surface area contributed by atoms with E-state index in [1.807, 2.05) is 31.2 Å². The maximum atomic E-state index is 11.2. The Morgan fingerprint density at radius 1 is 1.29 bits per heavy atom. The zero-order chi connectivity index (χ0) is 15.2. The summed E-state index contributed by atoms with van der Waals surface area (Å²) in [5.41, 5.74) is 2.03. The van der Waals surface area contributed by atoms with E-state index in [-0.39, 0.29) is 5.56 Å². The van der Waals surface area contributed by atoms with Gasteiger partial charge in [0.2, 0.25) is 0 Å². The van der Waals surface area contributed by atoms with Crippen molar-refractivity contribution in [2.75, 3.05) is 19.0 Å². The average molecular weight is 286 g/mol. The lowest BCUT2D eigenvalue weighted by Gasteiger charge is -2.11. The van der Waals surface area contributed by atoms with E-state index in [0.717, 1.165) is 23.4 Å². The highest BCUT2D eigenvalue weighted by molar-refractivity contribution is 5.93. The van der Waals surface area contributed by atoms with E-state index < -0.39 is 5.97 Å². The molecule has 21 heavy (non-hydrogen) atoms. The van der Waals surface area contributed by atoms with Crippen molar-refractivity contribution in [3.05, 3.63) is 53.2 Å². The number of para-hydroxylation sites is 1. The molecule has 0 saturated heterocycles. The van der Waals surface area contributed by atoms with Gasteiger partial charge in [-0.25, -0.2) is 9.78 Å². The number of anilines is 1. The van der Waals surface area contributed by atoms with Gasteiger partial charge in [0.25, 0.3) is 0 Å². The van der Waals surface area contributed by atoms with Crippen molar-refractivity contribution in [3.63, 3.8) is 0 Å². The Labute approximate surface area is 123 Å². The minimum atomic E-state index is -0.984. The molecule has 110 valence electrons. The first-order chi connectivity index (χ1) is 10.1. The van der Waals surface area contributed by atoms with Crippen molar-refractivity contribution in [2.24, 2.45) is 0 Å². The minimum Gasteiger partial charge on any atom is -0.496 e. The Kier molecular flexibility index (Phi) is 4.77. The van der Waals surface area contributed by atoms with Crippen LogP contribution in [0.2, 0.25) is 0 Å². The molecule has 2 N–H and O–H groups in total. The van der Waals surface area contributed by atoms with Gasteiger partial charge in [-0.2, -0.15) is 0 Å². The van der Waals surface area contributed by atoms with E-state index in [1.54, 1.807) is 19.2 Å². The average Bonchev–Trinajstić information content (AvgIpc) is 2.47. The maximum absolute atomic E-state index is 11.2. The normalized spacial score (nSPS) is 10.2. The lowest BCUT2D eigenvalue weighted by atomic mass is 10.1. The number of methoxy groups -OCH3 is 1. The Morgan fingerprint density at radius 2 is 2.05 bits per heavy atom. The number of carbonyl (C=O) groups is 1. The standard InChI is InChI=1S/C16H18N2O3/c1-11-7-8-13(16(19)20)15(18-11)17-10-9-12-5-3-4-6-14(12)21-2/h3-8H,9-10H2,1-2H3,(H,17,18)(H,19,20). The molecule has 1 heterocycles. The smallest absolute Gasteiger partial charge is 0.339 e. The number of rotatable bonds is 6. The summed E-state index contributed by atoms with van der Waals surface area (Å²) in [6.45, 7) is 2.41. The van der Waals surface area contributed by atoms with Gasteiger partial charge in [0.05, 0.1) is 7.11 Å². The molecule has 0 spiro atoms. The van der Waals surface area contributed by atoms with Crippen LogP contribution < -0.4 is 10.1 Å². The number of nitrogens with zero attached hydrogens (tertiary/aromatic N) is 1. The molecule has 0 atom stereocenters. The summed E-state index contributed by atoms with van der Waals surface area (Å²) in [6.07, 6.45) is 0.721. The fourth-order valence-corrected chi connectivity index (χ4v) is 2.09. The van der Waals surface area contributed by atoms with Gasteiger partial charge in [0.1, 0.15) is 17.1 Å².